The van der Waals surface area contributed by atoms with Gasteiger partial charge in [-0.1, -0.05) is 12.1 Å². The average molecular weight is 317 g/mol. The van der Waals surface area contributed by atoms with Crippen LogP contribution in [-0.2, 0) is 17.8 Å². The number of nitrogens with zero attached hydrogens (tertiary/aromatic N) is 1. The lowest BCUT2D eigenvalue weighted by molar-refractivity contribution is -0.133. The molecule has 6 heteroatoms. The molecule has 3 heterocycles. The quantitative estimate of drug-likeness (QED) is 0.885. The van der Waals surface area contributed by atoms with Crippen LogP contribution in [0.5, 0.6) is 5.75 Å². The lowest BCUT2D eigenvalue weighted by Crippen LogP contribution is -2.46. The van der Waals surface area contributed by atoms with Crippen molar-refractivity contribution in [1.82, 2.24) is 15.2 Å². The summed E-state index contributed by atoms with van der Waals surface area (Å²) in [4.78, 5) is 18.1. The Labute approximate surface area is 133 Å². The number of fused-ring (bicyclic) bond motifs is 3. The van der Waals surface area contributed by atoms with Gasteiger partial charge in [0.2, 0.25) is 5.91 Å². The van der Waals surface area contributed by atoms with Gasteiger partial charge in [-0.3, -0.25) is 10.1 Å². The molecule has 2 N–H and O–H groups in total. The average Bonchev–Trinajstić information content (AvgIpc) is 3.20. The molecule has 5 nitrogen and oxygen atoms in total. The zero-order chi connectivity index (χ0) is 15.1. The number of hydrogen-bond donors (Lipinski definition) is 2. The third kappa shape index (κ3) is 2.18. The number of amides is 1. The summed E-state index contributed by atoms with van der Waals surface area (Å²) in [6.45, 7) is 1.47. The number of benzene rings is 1. The van der Waals surface area contributed by atoms with Crippen LogP contribution in [0.4, 0.5) is 0 Å². The van der Waals surface area contributed by atoms with E-state index in [4.69, 9.17) is 4.74 Å². The Morgan fingerprint density at radius 2 is 2.36 bits per heavy atom. The molecule has 0 bridgehead atoms. The molecule has 116 valence electrons. The molecule has 1 saturated heterocycles. The summed E-state index contributed by atoms with van der Waals surface area (Å²) in [5.74, 6) is 2.84. The van der Waals surface area contributed by atoms with Crippen LogP contribution in [0.25, 0.3) is 10.9 Å². The van der Waals surface area contributed by atoms with Crippen molar-refractivity contribution in [3.8, 4) is 5.75 Å². The standard InChI is InChI=1S/C16H19N3O2S/c1-21-14-4-2-3-10-11-7-19(6-5-12(11)18-15(10)14)16(20)13-8-22-9-17-13/h2-4,13,17-18H,5-9H2,1H3. The molecule has 2 aromatic rings. The fourth-order valence-electron chi connectivity index (χ4n) is 3.34. The van der Waals surface area contributed by atoms with Gasteiger partial charge < -0.3 is 14.6 Å². The fourth-order valence-corrected chi connectivity index (χ4v) is 4.28. The third-order valence-electron chi connectivity index (χ3n) is 4.52. The van der Waals surface area contributed by atoms with Gasteiger partial charge in [-0.2, -0.15) is 0 Å². The van der Waals surface area contributed by atoms with E-state index in [0.29, 0.717) is 6.54 Å². The molecule has 0 spiro atoms. The normalized spacial score (nSPS) is 21.1. The molecule has 1 aromatic heterocycles. The lowest BCUT2D eigenvalue weighted by Gasteiger charge is -2.29. The Morgan fingerprint density at radius 1 is 1.45 bits per heavy atom. The minimum atomic E-state index is -0.0220. The smallest absolute Gasteiger partial charge is 0.240 e. The molecule has 1 amide bonds. The lowest BCUT2D eigenvalue weighted by atomic mass is 10.0. The number of ether oxygens (including phenoxy) is 1. The van der Waals surface area contributed by atoms with E-state index >= 15 is 0 Å². The van der Waals surface area contributed by atoms with Crippen LogP contribution >= 0.6 is 11.8 Å². The molecule has 1 unspecified atom stereocenters. The van der Waals surface area contributed by atoms with Crippen LogP contribution in [0.3, 0.4) is 0 Å². The minimum Gasteiger partial charge on any atom is -0.495 e. The molecule has 22 heavy (non-hydrogen) atoms. The predicted octanol–water partition coefficient (Wildman–Crippen LogP) is 1.72. The van der Waals surface area contributed by atoms with E-state index in [0.717, 1.165) is 35.9 Å². The largest absolute Gasteiger partial charge is 0.495 e. The van der Waals surface area contributed by atoms with E-state index in [-0.39, 0.29) is 11.9 Å². The van der Waals surface area contributed by atoms with Gasteiger partial charge in [-0.25, -0.2) is 0 Å². The number of nitrogens with one attached hydrogen (secondary N) is 2. The summed E-state index contributed by atoms with van der Waals surface area (Å²) in [7, 11) is 1.69. The Morgan fingerprint density at radius 3 is 3.14 bits per heavy atom. The number of thioether (sulfide) groups is 1. The first kappa shape index (κ1) is 14.0. The zero-order valence-electron chi connectivity index (χ0n) is 12.5. The van der Waals surface area contributed by atoms with Gasteiger partial charge in [-0.15, -0.1) is 11.8 Å². The molecule has 0 aliphatic carbocycles. The van der Waals surface area contributed by atoms with Gasteiger partial charge in [0.25, 0.3) is 0 Å². The second kappa shape index (κ2) is 5.52. The van der Waals surface area contributed by atoms with Crippen molar-refractivity contribution in [2.75, 3.05) is 25.3 Å². The SMILES string of the molecule is COc1cccc2c3c([nH]c12)CCN(C(=O)C1CSCN1)C3. The summed E-state index contributed by atoms with van der Waals surface area (Å²) in [6.07, 6.45) is 0.874. The Kier molecular flexibility index (Phi) is 3.50. The summed E-state index contributed by atoms with van der Waals surface area (Å²) >= 11 is 1.79. The van der Waals surface area contributed by atoms with Crippen LogP contribution in [-0.4, -0.2) is 47.1 Å². The number of carbonyl (C=O) groups is 1. The van der Waals surface area contributed by atoms with Crippen molar-refractivity contribution in [2.24, 2.45) is 0 Å². The van der Waals surface area contributed by atoms with Crippen molar-refractivity contribution >= 4 is 28.6 Å². The van der Waals surface area contributed by atoms with E-state index in [2.05, 4.69) is 16.4 Å². The zero-order valence-corrected chi connectivity index (χ0v) is 13.3. The number of aromatic amines is 1. The van der Waals surface area contributed by atoms with Gasteiger partial charge in [0, 0.05) is 47.8 Å². The Hall–Kier alpha value is -1.66. The van der Waals surface area contributed by atoms with Crippen LogP contribution in [0.1, 0.15) is 11.3 Å². The minimum absolute atomic E-state index is 0.0220. The number of hydrogen-bond acceptors (Lipinski definition) is 4. The van der Waals surface area contributed by atoms with E-state index in [1.807, 2.05) is 17.0 Å². The molecular formula is C16H19N3O2S. The molecule has 4 rings (SSSR count). The number of carbonyl (C=O) groups excluding carboxylic acids is 1. The number of aromatic nitrogens is 1. The van der Waals surface area contributed by atoms with Crippen molar-refractivity contribution < 1.29 is 9.53 Å². The highest BCUT2D eigenvalue weighted by atomic mass is 32.2. The van der Waals surface area contributed by atoms with Crippen LogP contribution in [0.15, 0.2) is 18.2 Å². The van der Waals surface area contributed by atoms with Crippen molar-refractivity contribution in [3.05, 3.63) is 29.5 Å². The summed E-state index contributed by atoms with van der Waals surface area (Å²) < 4.78 is 5.44. The van der Waals surface area contributed by atoms with Crippen molar-refractivity contribution in [3.63, 3.8) is 0 Å². The molecule has 1 atom stereocenters. The van der Waals surface area contributed by atoms with Crippen LogP contribution in [0, 0.1) is 0 Å². The molecule has 1 fully saturated rings. The maximum absolute atomic E-state index is 12.6. The summed E-state index contributed by atoms with van der Waals surface area (Å²) in [5.41, 5.74) is 3.51. The van der Waals surface area contributed by atoms with E-state index in [9.17, 15) is 4.79 Å². The molecular weight excluding hydrogens is 298 g/mol. The van der Waals surface area contributed by atoms with Gasteiger partial charge in [0.05, 0.1) is 18.7 Å². The number of methoxy groups -OCH3 is 1. The van der Waals surface area contributed by atoms with Crippen LogP contribution < -0.4 is 10.1 Å². The summed E-state index contributed by atoms with van der Waals surface area (Å²) in [6, 6.07) is 6.05. The maximum atomic E-state index is 12.6. The highest BCUT2D eigenvalue weighted by molar-refractivity contribution is 7.99. The highest BCUT2D eigenvalue weighted by Gasteiger charge is 2.30. The molecule has 2 aliphatic rings. The van der Waals surface area contributed by atoms with Crippen molar-refractivity contribution in [2.45, 2.75) is 19.0 Å². The maximum Gasteiger partial charge on any atom is 0.240 e. The topological polar surface area (TPSA) is 57.4 Å². The highest BCUT2D eigenvalue weighted by Crippen LogP contribution is 2.33. The molecule has 2 aliphatic heterocycles. The monoisotopic (exact) mass is 317 g/mol. The van der Waals surface area contributed by atoms with E-state index in [1.165, 1.54) is 16.6 Å². The van der Waals surface area contributed by atoms with Crippen molar-refractivity contribution in [1.29, 1.82) is 0 Å². The second-order valence-corrected chi connectivity index (χ2v) is 6.78. The number of rotatable bonds is 2. The van der Waals surface area contributed by atoms with E-state index in [1.54, 1.807) is 18.9 Å². The van der Waals surface area contributed by atoms with Gasteiger partial charge in [0.15, 0.2) is 0 Å². The second-order valence-electron chi connectivity index (χ2n) is 5.75. The molecule has 1 aromatic carbocycles. The molecule has 0 saturated carbocycles. The first-order valence-electron chi connectivity index (χ1n) is 7.54. The molecule has 0 radical (unpaired) electrons. The summed E-state index contributed by atoms with van der Waals surface area (Å²) in [5, 5.41) is 4.44. The first-order valence-corrected chi connectivity index (χ1v) is 8.69. The van der Waals surface area contributed by atoms with Gasteiger partial charge in [-0.05, 0) is 6.07 Å². The van der Waals surface area contributed by atoms with Gasteiger partial charge in [0.1, 0.15) is 5.75 Å². The predicted molar refractivity (Wildman–Crippen MR) is 88.2 cm³/mol. The number of para-hydroxylation sites is 1. The van der Waals surface area contributed by atoms with E-state index < -0.39 is 0 Å². The van der Waals surface area contributed by atoms with Gasteiger partial charge >= 0.3 is 0 Å². The fraction of sp³-hybridized carbons (Fsp3) is 0.438. The number of H-pyrrole nitrogens is 1. The first-order chi connectivity index (χ1) is 10.8. The Bertz CT molecular complexity index is 721. The third-order valence-corrected chi connectivity index (χ3v) is 5.46. The van der Waals surface area contributed by atoms with Crippen LogP contribution in [0.2, 0.25) is 0 Å². The Balaban J connectivity index is 1.66.